The largest absolute Gasteiger partial charge is 0.455 e. The molecule has 0 spiro atoms. The molecule has 0 bridgehead atoms. The zero-order chi connectivity index (χ0) is 14.0. The summed E-state index contributed by atoms with van der Waals surface area (Å²) in [5, 5.41) is 0.899. The highest BCUT2D eigenvalue weighted by Crippen LogP contribution is 2.34. The van der Waals surface area contributed by atoms with Crippen molar-refractivity contribution >= 4 is 23.2 Å². The summed E-state index contributed by atoms with van der Waals surface area (Å²) in [6, 6.07) is 8.73. The lowest BCUT2D eigenvalue weighted by atomic mass is 10.1. The van der Waals surface area contributed by atoms with Crippen molar-refractivity contribution in [2.75, 3.05) is 0 Å². The Bertz CT molecular complexity index is 602. The summed E-state index contributed by atoms with van der Waals surface area (Å²) in [7, 11) is 0. The van der Waals surface area contributed by atoms with E-state index in [1.54, 1.807) is 25.1 Å². The van der Waals surface area contributed by atoms with E-state index in [4.69, 9.17) is 33.7 Å². The first-order valence-electron chi connectivity index (χ1n) is 5.65. The van der Waals surface area contributed by atoms with Gasteiger partial charge in [-0.15, -0.1) is 0 Å². The zero-order valence-corrected chi connectivity index (χ0v) is 11.7. The summed E-state index contributed by atoms with van der Waals surface area (Å²) in [5.74, 6) is 0.557. The van der Waals surface area contributed by atoms with Gasteiger partial charge in [0.25, 0.3) is 0 Å². The Kier molecular flexibility index (Phi) is 4.30. The predicted molar refractivity (Wildman–Crippen MR) is 75.5 cm³/mol. The fourth-order valence-electron chi connectivity index (χ4n) is 1.64. The quantitative estimate of drug-likeness (QED) is 0.871. The molecule has 2 nitrogen and oxygen atoms in total. The first-order valence-corrected chi connectivity index (χ1v) is 6.41. The van der Waals surface area contributed by atoms with Crippen molar-refractivity contribution in [3.63, 3.8) is 0 Å². The molecule has 0 aliphatic carbocycles. The van der Waals surface area contributed by atoms with Crippen LogP contribution in [0.5, 0.6) is 11.5 Å². The second-order valence-corrected chi connectivity index (χ2v) is 4.99. The minimum atomic E-state index is -0.359. The van der Waals surface area contributed by atoms with Crippen molar-refractivity contribution in [1.29, 1.82) is 0 Å². The van der Waals surface area contributed by atoms with Crippen LogP contribution in [0.2, 0.25) is 10.0 Å². The van der Waals surface area contributed by atoms with Gasteiger partial charge >= 0.3 is 0 Å². The second-order valence-electron chi connectivity index (χ2n) is 4.15. The van der Waals surface area contributed by atoms with Gasteiger partial charge in [0.05, 0.1) is 5.02 Å². The number of hydrogen-bond acceptors (Lipinski definition) is 2. The van der Waals surface area contributed by atoms with Gasteiger partial charge in [0.15, 0.2) is 0 Å². The topological polar surface area (TPSA) is 35.2 Å². The summed E-state index contributed by atoms with van der Waals surface area (Å²) < 4.78 is 18.9. The Labute approximate surface area is 120 Å². The summed E-state index contributed by atoms with van der Waals surface area (Å²) in [6.45, 7) is 1.76. The van der Waals surface area contributed by atoms with Crippen molar-refractivity contribution in [3.05, 3.63) is 57.8 Å². The van der Waals surface area contributed by atoms with Crippen LogP contribution in [0.15, 0.2) is 36.4 Å². The second kappa shape index (κ2) is 5.78. The van der Waals surface area contributed by atoms with Crippen LogP contribution < -0.4 is 10.5 Å². The highest BCUT2D eigenvalue weighted by molar-refractivity contribution is 6.35. The van der Waals surface area contributed by atoms with E-state index in [0.29, 0.717) is 27.1 Å². The van der Waals surface area contributed by atoms with E-state index < -0.39 is 0 Å². The third kappa shape index (κ3) is 3.38. The minimum absolute atomic E-state index is 0.350. The normalized spacial score (nSPS) is 12.3. The number of halogens is 3. The van der Waals surface area contributed by atoms with E-state index in [9.17, 15) is 4.39 Å². The van der Waals surface area contributed by atoms with E-state index in [0.717, 1.165) is 0 Å². The van der Waals surface area contributed by atoms with Crippen molar-refractivity contribution in [2.45, 2.75) is 13.0 Å². The van der Waals surface area contributed by atoms with Gasteiger partial charge in [-0.25, -0.2) is 4.39 Å². The van der Waals surface area contributed by atoms with E-state index in [-0.39, 0.29) is 11.9 Å². The Morgan fingerprint density at radius 2 is 1.79 bits per heavy atom. The van der Waals surface area contributed by atoms with Gasteiger partial charge in [0.1, 0.15) is 17.3 Å². The summed E-state index contributed by atoms with van der Waals surface area (Å²) in [5.41, 5.74) is 6.37. The van der Waals surface area contributed by atoms with E-state index in [2.05, 4.69) is 0 Å². The summed E-state index contributed by atoms with van der Waals surface area (Å²) >= 11 is 11.8. The molecule has 0 saturated carbocycles. The third-order valence-corrected chi connectivity index (χ3v) is 3.11. The van der Waals surface area contributed by atoms with Crippen LogP contribution in [0.4, 0.5) is 4.39 Å². The molecule has 100 valence electrons. The Morgan fingerprint density at radius 1 is 1.11 bits per heavy atom. The fraction of sp³-hybridized carbons (Fsp3) is 0.143. The molecule has 1 atom stereocenters. The molecule has 2 N–H and O–H groups in total. The van der Waals surface area contributed by atoms with Crippen LogP contribution >= 0.6 is 23.2 Å². The van der Waals surface area contributed by atoms with Gasteiger partial charge in [-0.1, -0.05) is 23.2 Å². The van der Waals surface area contributed by atoms with Crippen LogP contribution in [0, 0.1) is 5.82 Å². The van der Waals surface area contributed by atoms with Gasteiger partial charge < -0.3 is 10.5 Å². The number of ether oxygens (including phenoxy) is 1. The average molecular weight is 300 g/mol. The van der Waals surface area contributed by atoms with Crippen molar-refractivity contribution in [3.8, 4) is 11.5 Å². The third-order valence-electron chi connectivity index (χ3n) is 2.58. The van der Waals surface area contributed by atoms with Crippen molar-refractivity contribution in [1.82, 2.24) is 0 Å². The lowest BCUT2D eigenvalue weighted by Gasteiger charge is -2.14. The van der Waals surface area contributed by atoms with Gasteiger partial charge in [-0.05, 0) is 43.3 Å². The lowest BCUT2D eigenvalue weighted by Crippen LogP contribution is -2.07. The number of nitrogens with two attached hydrogens (primary N) is 1. The maximum Gasteiger partial charge on any atom is 0.146 e. The fourth-order valence-corrected chi connectivity index (χ4v) is 2.09. The molecule has 2 aromatic carbocycles. The van der Waals surface area contributed by atoms with Crippen molar-refractivity contribution in [2.24, 2.45) is 5.73 Å². The van der Waals surface area contributed by atoms with E-state index in [1.165, 1.54) is 18.2 Å². The van der Waals surface area contributed by atoms with Crippen LogP contribution in [-0.2, 0) is 0 Å². The SMILES string of the molecule is CC(N)c1cc(F)ccc1Oc1ccc(Cl)cc1Cl. The molecule has 19 heavy (non-hydrogen) atoms. The highest BCUT2D eigenvalue weighted by atomic mass is 35.5. The van der Waals surface area contributed by atoms with Crippen LogP contribution in [-0.4, -0.2) is 0 Å². The van der Waals surface area contributed by atoms with Crippen LogP contribution in [0.3, 0.4) is 0 Å². The maximum absolute atomic E-state index is 13.2. The summed E-state index contributed by atoms with van der Waals surface area (Å²) in [4.78, 5) is 0. The summed E-state index contributed by atoms with van der Waals surface area (Å²) in [6.07, 6.45) is 0. The average Bonchev–Trinajstić information content (AvgIpc) is 2.34. The van der Waals surface area contributed by atoms with Gasteiger partial charge in [0.2, 0.25) is 0 Å². The molecule has 0 saturated heterocycles. The van der Waals surface area contributed by atoms with E-state index >= 15 is 0 Å². The Hall–Kier alpha value is -1.29. The molecular weight excluding hydrogens is 288 g/mol. The highest BCUT2D eigenvalue weighted by Gasteiger charge is 2.12. The number of rotatable bonds is 3. The standard InChI is InChI=1S/C14H12Cl2FNO/c1-8(18)11-7-10(17)3-5-13(11)19-14-4-2-9(15)6-12(14)16/h2-8H,18H2,1H3. The molecule has 0 fully saturated rings. The molecule has 0 amide bonds. The number of hydrogen-bond donors (Lipinski definition) is 1. The molecule has 0 aliphatic heterocycles. The first kappa shape index (κ1) is 14.1. The molecule has 2 aromatic rings. The zero-order valence-electron chi connectivity index (χ0n) is 10.2. The predicted octanol–water partition coefficient (Wildman–Crippen LogP) is 4.94. The van der Waals surface area contributed by atoms with Gasteiger partial charge in [0, 0.05) is 16.6 Å². The minimum Gasteiger partial charge on any atom is -0.455 e. The molecule has 5 heteroatoms. The molecule has 2 rings (SSSR count). The van der Waals surface area contributed by atoms with E-state index in [1.807, 2.05) is 0 Å². The Morgan fingerprint density at radius 3 is 2.42 bits per heavy atom. The van der Waals surface area contributed by atoms with Gasteiger partial charge in [-0.3, -0.25) is 0 Å². The Balaban J connectivity index is 2.38. The smallest absolute Gasteiger partial charge is 0.146 e. The monoisotopic (exact) mass is 299 g/mol. The van der Waals surface area contributed by atoms with Crippen LogP contribution in [0.25, 0.3) is 0 Å². The molecule has 0 aromatic heterocycles. The van der Waals surface area contributed by atoms with Gasteiger partial charge in [-0.2, -0.15) is 0 Å². The molecule has 0 aliphatic rings. The molecular formula is C14H12Cl2FNO. The molecule has 1 unspecified atom stereocenters. The molecule has 0 radical (unpaired) electrons. The molecule has 0 heterocycles. The lowest BCUT2D eigenvalue weighted by molar-refractivity contribution is 0.469. The number of benzene rings is 2. The first-order chi connectivity index (χ1) is 8.97. The maximum atomic E-state index is 13.2. The van der Waals surface area contributed by atoms with Crippen LogP contribution in [0.1, 0.15) is 18.5 Å². The van der Waals surface area contributed by atoms with Crippen molar-refractivity contribution < 1.29 is 9.13 Å².